The normalized spacial score (nSPS) is 10.4. The van der Waals surface area contributed by atoms with Crippen LogP contribution < -0.4 is 11.3 Å². The molecule has 0 aliphatic rings. The van der Waals surface area contributed by atoms with E-state index in [0.29, 0.717) is 0 Å². The Kier molecular flexibility index (Phi) is 2.90. The standard InChI is InChI=1S/C9H11N7O2/c1-5-3-6(2)15(14-5)9-7(16(17)18)8(13-10)11-4-12-9/h3-4H,10H2,1-2H3,(H,11,12,13). The van der Waals surface area contributed by atoms with Gasteiger partial charge in [-0.25, -0.2) is 20.5 Å². The van der Waals surface area contributed by atoms with Gasteiger partial charge >= 0.3 is 5.69 Å². The zero-order valence-corrected chi connectivity index (χ0v) is 9.78. The molecular weight excluding hydrogens is 238 g/mol. The molecule has 9 heteroatoms. The fourth-order valence-electron chi connectivity index (χ4n) is 1.64. The van der Waals surface area contributed by atoms with E-state index in [1.165, 1.54) is 11.0 Å². The molecule has 2 rings (SSSR count). The molecule has 9 nitrogen and oxygen atoms in total. The van der Waals surface area contributed by atoms with E-state index in [2.05, 4.69) is 20.5 Å². The van der Waals surface area contributed by atoms with Crippen molar-refractivity contribution in [2.75, 3.05) is 5.43 Å². The third-order valence-electron chi connectivity index (χ3n) is 2.33. The molecule has 2 aromatic heterocycles. The van der Waals surface area contributed by atoms with Crippen LogP contribution in [0.1, 0.15) is 11.4 Å². The van der Waals surface area contributed by atoms with Gasteiger partial charge in [-0.15, -0.1) is 0 Å². The number of hydrogen-bond acceptors (Lipinski definition) is 7. The lowest BCUT2D eigenvalue weighted by Crippen LogP contribution is -2.14. The van der Waals surface area contributed by atoms with Crippen LogP contribution in [-0.2, 0) is 0 Å². The van der Waals surface area contributed by atoms with E-state index < -0.39 is 4.92 Å². The Morgan fingerprint density at radius 2 is 2.17 bits per heavy atom. The van der Waals surface area contributed by atoms with Crippen molar-refractivity contribution in [3.63, 3.8) is 0 Å². The molecule has 0 saturated carbocycles. The van der Waals surface area contributed by atoms with Gasteiger partial charge in [-0.3, -0.25) is 10.1 Å². The van der Waals surface area contributed by atoms with Gasteiger partial charge in [-0.1, -0.05) is 0 Å². The van der Waals surface area contributed by atoms with Gasteiger partial charge in [0.15, 0.2) is 0 Å². The van der Waals surface area contributed by atoms with Crippen LogP contribution in [0.4, 0.5) is 11.5 Å². The van der Waals surface area contributed by atoms with Crippen LogP contribution in [0.5, 0.6) is 0 Å². The van der Waals surface area contributed by atoms with Gasteiger partial charge in [0, 0.05) is 5.69 Å². The van der Waals surface area contributed by atoms with Gasteiger partial charge < -0.3 is 5.43 Å². The van der Waals surface area contributed by atoms with E-state index in [4.69, 9.17) is 5.84 Å². The number of hydrazine groups is 1. The maximum atomic E-state index is 11.1. The van der Waals surface area contributed by atoms with Crippen LogP contribution in [-0.4, -0.2) is 24.7 Å². The predicted molar refractivity (Wildman–Crippen MR) is 63.1 cm³/mol. The number of aromatic nitrogens is 4. The number of aryl methyl sites for hydroxylation is 2. The maximum Gasteiger partial charge on any atom is 0.356 e. The molecule has 0 spiro atoms. The lowest BCUT2D eigenvalue weighted by atomic mass is 10.4. The number of nitrogens with zero attached hydrogens (tertiary/aromatic N) is 5. The molecule has 0 fully saturated rings. The number of nitro groups is 1. The molecular formula is C9H11N7O2. The first-order chi connectivity index (χ1) is 8.54. The number of anilines is 1. The topological polar surface area (TPSA) is 125 Å². The van der Waals surface area contributed by atoms with Crippen molar-refractivity contribution in [1.29, 1.82) is 0 Å². The highest BCUT2D eigenvalue weighted by Crippen LogP contribution is 2.27. The van der Waals surface area contributed by atoms with Crippen LogP contribution in [0.3, 0.4) is 0 Å². The van der Waals surface area contributed by atoms with Crippen LogP contribution in [0.15, 0.2) is 12.4 Å². The Bertz CT molecular complexity index is 607. The molecule has 0 aromatic carbocycles. The summed E-state index contributed by atoms with van der Waals surface area (Å²) in [6.45, 7) is 3.57. The minimum atomic E-state index is -0.596. The lowest BCUT2D eigenvalue weighted by Gasteiger charge is -2.06. The average Bonchev–Trinajstić information content (AvgIpc) is 2.67. The molecule has 2 heterocycles. The Hall–Kier alpha value is -2.55. The van der Waals surface area contributed by atoms with Crippen molar-refractivity contribution < 1.29 is 4.92 Å². The first-order valence-electron chi connectivity index (χ1n) is 5.04. The average molecular weight is 249 g/mol. The highest BCUT2D eigenvalue weighted by Gasteiger charge is 2.25. The van der Waals surface area contributed by atoms with Crippen molar-refractivity contribution >= 4 is 11.5 Å². The predicted octanol–water partition coefficient (Wildman–Crippen LogP) is 0.473. The largest absolute Gasteiger partial charge is 0.356 e. The number of nitrogens with one attached hydrogen (secondary N) is 1. The third kappa shape index (κ3) is 1.86. The Morgan fingerprint density at radius 1 is 1.44 bits per heavy atom. The quantitative estimate of drug-likeness (QED) is 0.460. The SMILES string of the molecule is Cc1cc(C)n(-c2ncnc(NN)c2[N+](=O)[O-])n1. The molecule has 0 amide bonds. The molecule has 0 bridgehead atoms. The summed E-state index contributed by atoms with van der Waals surface area (Å²) in [6.07, 6.45) is 1.19. The van der Waals surface area contributed by atoms with Gasteiger partial charge in [0.25, 0.3) is 0 Å². The minimum absolute atomic E-state index is 0.0578. The molecule has 0 aliphatic carbocycles. The molecule has 0 atom stereocenters. The van der Waals surface area contributed by atoms with E-state index in [1.54, 1.807) is 19.9 Å². The smallest absolute Gasteiger partial charge is 0.303 e. The van der Waals surface area contributed by atoms with Gasteiger partial charge in [0.1, 0.15) is 6.33 Å². The summed E-state index contributed by atoms with van der Waals surface area (Å²) < 4.78 is 1.38. The highest BCUT2D eigenvalue weighted by molar-refractivity contribution is 5.63. The number of rotatable bonds is 3. The van der Waals surface area contributed by atoms with Crippen LogP contribution in [0.25, 0.3) is 5.82 Å². The van der Waals surface area contributed by atoms with Gasteiger partial charge in [-0.05, 0) is 19.9 Å². The van der Waals surface area contributed by atoms with Gasteiger partial charge in [0.05, 0.1) is 10.6 Å². The van der Waals surface area contributed by atoms with E-state index in [0.717, 1.165) is 11.4 Å². The van der Waals surface area contributed by atoms with E-state index in [1.807, 2.05) is 0 Å². The molecule has 0 aliphatic heterocycles. The van der Waals surface area contributed by atoms with Gasteiger partial charge in [-0.2, -0.15) is 5.10 Å². The second-order valence-electron chi connectivity index (χ2n) is 3.63. The summed E-state index contributed by atoms with van der Waals surface area (Å²) in [5, 5.41) is 15.2. The fraction of sp³-hybridized carbons (Fsp3) is 0.222. The summed E-state index contributed by atoms with van der Waals surface area (Å²) in [5.74, 6) is 5.22. The van der Waals surface area contributed by atoms with Crippen LogP contribution >= 0.6 is 0 Å². The Labute approximate surface area is 102 Å². The first-order valence-corrected chi connectivity index (χ1v) is 5.04. The molecule has 18 heavy (non-hydrogen) atoms. The molecule has 3 N–H and O–H groups in total. The zero-order chi connectivity index (χ0) is 13.3. The summed E-state index contributed by atoms with van der Waals surface area (Å²) in [6, 6.07) is 1.79. The Balaban J connectivity index is 2.71. The van der Waals surface area contributed by atoms with E-state index in [9.17, 15) is 10.1 Å². The van der Waals surface area contributed by atoms with E-state index >= 15 is 0 Å². The minimum Gasteiger partial charge on any atom is -0.303 e. The van der Waals surface area contributed by atoms with E-state index in [-0.39, 0.29) is 17.3 Å². The fourth-order valence-corrected chi connectivity index (χ4v) is 1.64. The van der Waals surface area contributed by atoms with Crippen LogP contribution in [0, 0.1) is 24.0 Å². The second-order valence-corrected chi connectivity index (χ2v) is 3.63. The number of hydrogen-bond donors (Lipinski definition) is 2. The first kappa shape index (κ1) is 11.9. The summed E-state index contributed by atoms with van der Waals surface area (Å²) in [7, 11) is 0. The highest BCUT2D eigenvalue weighted by atomic mass is 16.6. The van der Waals surface area contributed by atoms with Gasteiger partial charge in [0.2, 0.25) is 11.6 Å². The number of nitrogens with two attached hydrogens (primary N) is 1. The molecule has 2 aromatic rings. The van der Waals surface area contributed by atoms with Crippen molar-refractivity contribution in [3.05, 3.63) is 33.9 Å². The third-order valence-corrected chi connectivity index (χ3v) is 2.33. The van der Waals surface area contributed by atoms with Crippen LogP contribution in [0.2, 0.25) is 0 Å². The van der Waals surface area contributed by atoms with Crippen molar-refractivity contribution in [2.24, 2.45) is 5.84 Å². The Morgan fingerprint density at radius 3 is 2.67 bits per heavy atom. The second kappa shape index (κ2) is 4.37. The monoisotopic (exact) mass is 249 g/mol. The molecule has 0 unspecified atom stereocenters. The molecule has 0 saturated heterocycles. The summed E-state index contributed by atoms with van der Waals surface area (Å²) >= 11 is 0. The van der Waals surface area contributed by atoms with Crippen molar-refractivity contribution in [2.45, 2.75) is 13.8 Å². The maximum absolute atomic E-state index is 11.1. The molecule has 0 radical (unpaired) electrons. The van der Waals surface area contributed by atoms with Crippen molar-refractivity contribution in [3.8, 4) is 5.82 Å². The molecule has 94 valence electrons. The zero-order valence-electron chi connectivity index (χ0n) is 9.78. The van der Waals surface area contributed by atoms with Crippen molar-refractivity contribution in [1.82, 2.24) is 19.7 Å². The summed E-state index contributed by atoms with van der Waals surface area (Å²) in [5.41, 5.74) is 3.34. The number of nitrogen functional groups attached to an aromatic ring is 1. The lowest BCUT2D eigenvalue weighted by molar-refractivity contribution is -0.384. The summed E-state index contributed by atoms with van der Waals surface area (Å²) in [4.78, 5) is 18.1.